The number of halogens is 2. The molecule has 1 aliphatic rings. The maximum Gasteiger partial charge on any atom is 0.257 e. The summed E-state index contributed by atoms with van der Waals surface area (Å²) in [6, 6.07) is 2.70. The summed E-state index contributed by atoms with van der Waals surface area (Å²) < 4.78 is 26.8. The Morgan fingerprint density at radius 2 is 2.14 bits per heavy atom. The van der Waals surface area contributed by atoms with Crippen molar-refractivity contribution >= 4 is 35.1 Å². The number of anilines is 2. The van der Waals surface area contributed by atoms with Crippen LogP contribution in [0.15, 0.2) is 28.2 Å². The molecule has 1 aromatic carbocycles. The second-order valence-corrected chi connectivity index (χ2v) is 7.34. The van der Waals surface area contributed by atoms with E-state index in [1.165, 1.54) is 11.8 Å². The number of nitrogens with zero attached hydrogens (tertiary/aromatic N) is 1. The monoisotopic (exact) mass is 408 g/mol. The first kappa shape index (κ1) is 20.0. The van der Waals surface area contributed by atoms with E-state index in [0.29, 0.717) is 11.2 Å². The van der Waals surface area contributed by atoms with Gasteiger partial charge in [0.05, 0.1) is 17.2 Å². The van der Waals surface area contributed by atoms with Gasteiger partial charge in [0, 0.05) is 18.2 Å². The molecule has 1 aliphatic heterocycles. The van der Waals surface area contributed by atoms with Gasteiger partial charge in [-0.25, -0.2) is 13.8 Å². The van der Waals surface area contributed by atoms with Gasteiger partial charge in [0.1, 0.15) is 17.5 Å². The first-order chi connectivity index (χ1) is 13.4. The van der Waals surface area contributed by atoms with E-state index in [1.807, 2.05) is 6.92 Å². The van der Waals surface area contributed by atoms with Gasteiger partial charge >= 0.3 is 0 Å². The lowest BCUT2D eigenvalue weighted by molar-refractivity contribution is -0.123. The van der Waals surface area contributed by atoms with Crippen LogP contribution in [0.1, 0.15) is 37.7 Å². The maximum atomic E-state index is 13.8. The van der Waals surface area contributed by atoms with E-state index >= 15 is 0 Å². The number of fused-ring (bicyclic) bond motifs is 1. The molecule has 1 aromatic heterocycles. The van der Waals surface area contributed by atoms with Crippen LogP contribution in [-0.2, 0) is 9.59 Å². The number of nitrogens with one attached hydrogen (secondary N) is 3. The molecule has 0 fully saturated rings. The van der Waals surface area contributed by atoms with E-state index in [1.54, 1.807) is 0 Å². The largest absolute Gasteiger partial charge is 0.323 e. The van der Waals surface area contributed by atoms with Gasteiger partial charge in [0.2, 0.25) is 11.8 Å². The summed E-state index contributed by atoms with van der Waals surface area (Å²) in [6.45, 7) is 2.04. The quantitative estimate of drug-likeness (QED) is 0.387. The second kappa shape index (κ2) is 8.51. The number of aromatic amines is 1. The van der Waals surface area contributed by atoms with Crippen LogP contribution in [0.5, 0.6) is 0 Å². The Kier molecular flexibility index (Phi) is 6.08. The Morgan fingerprint density at radius 1 is 1.36 bits per heavy atom. The molecule has 7 nitrogen and oxygen atoms in total. The van der Waals surface area contributed by atoms with Gasteiger partial charge in [0.15, 0.2) is 5.16 Å². The van der Waals surface area contributed by atoms with Gasteiger partial charge in [-0.1, -0.05) is 25.1 Å². The molecule has 3 rings (SSSR count). The first-order valence-corrected chi connectivity index (χ1v) is 9.70. The van der Waals surface area contributed by atoms with E-state index in [4.69, 9.17) is 0 Å². The Morgan fingerprint density at radius 3 is 2.86 bits per heavy atom. The van der Waals surface area contributed by atoms with Crippen LogP contribution in [0, 0.1) is 11.6 Å². The lowest BCUT2D eigenvalue weighted by atomic mass is 9.92. The fourth-order valence-corrected chi connectivity index (χ4v) is 3.71. The number of unbranched alkanes of at least 4 members (excludes halogenated alkanes) is 1. The van der Waals surface area contributed by atoms with Crippen molar-refractivity contribution in [1.29, 1.82) is 0 Å². The summed E-state index contributed by atoms with van der Waals surface area (Å²) >= 11 is 1.35. The highest BCUT2D eigenvalue weighted by Crippen LogP contribution is 2.30. The molecule has 3 N–H and O–H groups in total. The molecule has 0 aliphatic carbocycles. The lowest BCUT2D eigenvalue weighted by Crippen LogP contribution is -2.36. The number of amides is 2. The number of hydrogen-bond donors (Lipinski definition) is 3. The highest BCUT2D eigenvalue weighted by molar-refractivity contribution is 7.99. The number of benzene rings is 1. The molecule has 2 heterocycles. The van der Waals surface area contributed by atoms with Crippen LogP contribution in [0.4, 0.5) is 20.3 Å². The number of carbonyl (C=O) groups is 2. The maximum absolute atomic E-state index is 13.8. The molecule has 1 atom stereocenters. The van der Waals surface area contributed by atoms with Crippen molar-refractivity contribution in [3.8, 4) is 0 Å². The average molecular weight is 408 g/mol. The van der Waals surface area contributed by atoms with Gasteiger partial charge in [-0.2, -0.15) is 0 Å². The first-order valence-electron chi connectivity index (χ1n) is 8.71. The smallest absolute Gasteiger partial charge is 0.257 e. The molecule has 2 amide bonds. The average Bonchev–Trinajstić information content (AvgIpc) is 2.63. The number of H-pyrrole nitrogens is 1. The van der Waals surface area contributed by atoms with E-state index in [2.05, 4.69) is 20.6 Å². The normalized spacial score (nSPS) is 15.7. The second-order valence-electron chi connectivity index (χ2n) is 6.25. The van der Waals surface area contributed by atoms with Gasteiger partial charge in [-0.3, -0.25) is 14.4 Å². The number of aromatic nitrogens is 2. The van der Waals surface area contributed by atoms with Crippen LogP contribution >= 0.6 is 11.8 Å². The minimum absolute atomic E-state index is 0.0134. The topological polar surface area (TPSA) is 104 Å². The summed E-state index contributed by atoms with van der Waals surface area (Å²) in [5, 5.41) is 5.17. The number of carbonyl (C=O) groups excluding carboxylic acids is 2. The molecule has 1 unspecified atom stereocenters. The summed E-state index contributed by atoms with van der Waals surface area (Å²) in [6.07, 6.45) is 1.64. The van der Waals surface area contributed by atoms with Crippen molar-refractivity contribution in [3.63, 3.8) is 0 Å². The Labute approximate surface area is 163 Å². The Balaban J connectivity index is 1.88. The van der Waals surface area contributed by atoms with Crippen molar-refractivity contribution in [2.24, 2.45) is 0 Å². The highest BCUT2D eigenvalue weighted by atomic mass is 32.2. The molecule has 148 valence electrons. The molecule has 0 saturated heterocycles. The van der Waals surface area contributed by atoms with E-state index in [9.17, 15) is 23.2 Å². The fraction of sp³-hybridized carbons (Fsp3) is 0.333. The summed E-state index contributed by atoms with van der Waals surface area (Å²) in [4.78, 5) is 44.0. The van der Waals surface area contributed by atoms with Gasteiger partial charge in [-0.05, 0) is 18.6 Å². The van der Waals surface area contributed by atoms with Crippen molar-refractivity contribution in [1.82, 2.24) is 9.97 Å². The zero-order valence-corrected chi connectivity index (χ0v) is 15.8. The van der Waals surface area contributed by atoms with Crippen LogP contribution in [0.3, 0.4) is 0 Å². The molecule has 0 spiro atoms. The third-order valence-corrected chi connectivity index (χ3v) is 5.13. The van der Waals surface area contributed by atoms with Gasteiger partial charge in [0.25, 0.3) is 5.56 Å². The third-order valence-electron chi connectivity index (χ3n) is 4.17. The zero-order chi connectivity index (χ0) is 20.3. The van der Waals surface area contributed by atoms with Crippen LogP contribution in [-0.4, -0.2) is 27.5 Å². The van der Waals surface area contributed by atoms with Crippen LogP contribution in [0.2, 0.25) is 0 Å². The van der Waals surface area contributed by atoms with Crippen molar-refractivity contribution < 1.29 is 18.4 Å². The molecular formula is C18H18F2N4O3S. The number of hydrogen-bond acceptors (Lipinski definition) is 5. The van der Waals surface area contributed by atoms with Crippen LogP contribution < -0.4 is 16.2 Å². The predicted octanol–water partition coefficient (Wildman–Crippen LogP) is 3.00. The van der Waals surface area contributed by atoms with Gasteiger partial charge in [-0.15, -0.1) is 0 Å². The Bertz CT molecular complexity index is 980. The lowest BCUT2D eigenvalue weighted by Gasteiger charge is -2.23. The SMILES string of the molecule is CCCCSc1nc2c(c(=O)[nH]1)C(C(=O)Nc1ccc(F)cc1F)CC(=O)N2. The number of rotatable bonds is 6. The van der Waals surface area contributed by atoms with E-state index < -0.39 is 34.9 Å². The molecule has 0 saturated carbocycles. The third kappa shape index (κ3) is 4.38. The van der Waals surface area contributed by atoms with Crippen molar-refractivity contribution in [3.05, 3.63) is 45.8 Å². The predicted molar refractivity (Wildman–Crippen MR) is 101 cm³/mol. The molecule has 0 radical (unpaired) electrons. The summed E-state index contributed by atoms with van der Waals surface area (Å²) in [7, 11) is 0. The molecule has 0 bridgehead atoms. The minimum atomic E-state index is -1.14. The highest BCUT2D eigenvalue weighted by Gasteiger charge is 2.35. The fourth-order valence-electron chi connectivity index (χ4n) is 2.77. The van der Waals surface area contributed by atoms with E-state index in [-0.39, 0.29) is 23.5 Å². The standard InChI is InChI=1S/C18H18F2N4O3S/c1-2-3-6-28-18-23-15-14(17(27)24-18)10(8-13(25)22-15)16(26)21-12-5-4-9(19)7-11(12)20/h4-5,7,10H,2-3,6,8H2,1H3,(H,21,26)(H2,22,23,24,25,27). The molecular weight excluding hydrogens is 390 g/mol. The van der Waals surface area contributed by atoms with E-state index in [0.717, 1.165) is 30.7 Å². The molecule has 2 aromatic rings. The Hall–Kier alpha value is -2.75. The zero-order valence-electron chi connectivity index (χ0n) is 15.0. The van der Waals surface area contributed by atoms with Gasteiger partial charge < -0.3 is 15.6 Å². The summed E-state index contributed by atoms with van der Waals surface area (Å²) in [5.74, 6) is -3.33. The van der Waals surface area contributed by atoms with Crippen molar-refractivity contribution in [2.75, 3.05) is 16.4 Å². The summed E-state index contributed by atoms with van der Waals surface area (Å²) in [5.41, 5.74) is -0.766. The number of thioether (sulfide) groups is 1. The van der Waals surface area contributed by atoms with Crippen LogP contribution in [0.25, 0.3) is 0 Å². The molecule has 10 heteroatoms. The molecule has 28 heavy (non-hydrogen) atoms. The minimum Gasteiger partial charge on any atom is -0.323 e. The van der Waals surface area contributed by atoms with Crippen molar-refractivity contribution in [2.45, 2.75) is 37.3 Å².